The highest BCUT2D eigenvalue weighted by molar-refractivity contribution is 6.02. The Bertz CT molecular complexity index is 876. The van der Waals surface area contributed by atoms with Crippen LogP contribution in [0.15, 0.2) is 18.2 Å². The molecule has 1 atom stereocenters. The molecule has 0 aliphatic carbocycles. The smallest absolute Gasteiger partial charge is 0.265 e. The van der Waals surface area contributed by atoms with E-state index in [1.807, 2.05) is 6.92 Å². The number of anilines is 1. The molecule has 0 saturated carbocycles. The normalized spacial score (nSPS) is 21.8. The maximum absolute atomic E-state index is 13.0. The molecule has 0 aromatic heterocycles. The molecule has 8 heteroatoms. The van der Waals surface area contributed by atoms with Gasteiger partial charge in [-0.05, 0) is 43.9 Å². The summed E-state index contributed by atoms with van der Waals surface area (Å²) in [4.78, 5) is 52.6. The lowest BCUT2D eigenvalue weighted by atomic mass is 9.88. The number of carbonyl (C=O) groups excluding carboxylic acids is 4. The summed E-state index contributed by atoms with van der Waals surface area (Å²) >= 11 is 0. The first-order valence-corrected chi connectivity index (χ1v) is 10.7. The van der Waals surface area contributed by atoms with Crippen molar-refractivity contribution in [3.8, 4) is 5.75 Å². The average Bonchev–Trinajstić information content (AvgIpc) is 3.16. The number of carbonyl (C=O) groups is 4. The molecule has 1 aromatic rings. The van der Waals surface area contributed by atoms with E-state index in [1.54, 1.807) is 28.0 Å². The second kappa shape index (κ2) is 8.45. The van der Waals surface area contributed by atoms with Crippen molar-refractivity contribution in [2.24, 2.45) is 5.92 Å². The molecule has 0 spiro atoms. The van der Waals surface area contributed by atoms with Crippen molar-refractivity contribution in [2.45, 2.75) is 45.1 Å². The molecule has 3 aliphatic rings. The Hall–Kier alpha value is -2.90. The fourth-order valence-electron chi connectivity index (χ4n) is 4.33. The molecule has 160 valence electrons. The minimum absolute atomic E-state index is 0.0199. The molecule has 3 amide bonds. The number of nitrogens with one attached hydrogen (secondary N) is 1. The van der Waals surface area contributed by atoms with Gasteiger partial charge in [-0.3, -0.25) is 19.2 Å². The first-order valence-electron chi connectivity index (χ1n) is 10.7. The minimum Gasteiger partial charge on any atom is -0.478 e. The number of hydrogen-bond acceptors (Lipinski definition) is 5. The highest BCUT2D eigenvalue weighted by Gasteiger charge is 2.31. The van der Waals surface area contributed by atoms with Gasteiger partial charge in [0.15, 0.2) is 11.9 Å². The molecular weight excluding hydrogens is 386 g/mol. The number of ether oxygens (including phenoxy) is 1. The summed E-state index contributed by atoms with van der Waals surface area (Å²) in [6, 6.07) is 5.15. The van der Waals surface area contributed by atoms with Crippen molar-refractivity contribution in [3.63, 3.8) is 0 Å². The molecule has 2 fully saturated rings. The van der Waals surface area contributed by atoms with E-state index in [1.165, 1.54) is 0 Å². The summed E-state index contributed by atoms with van der Waals surface area (Å²) in [6.45, 7) is 3.70. The monoisotopic (exact) mass is 413 g/mol. The van der Waals surface area contributed by atoms with Gasteiger partial charge >= 0.3 is 0 Å². The third-order valence-corrected chi connectivity index (χ3v) is 6.17. The number of piperidine rings is 1. The van der Waals surface area contributed by atoms with Gasteiger partial charge in [0.05, 0.1) is 12.2 Å². The zero-order valence-corrected chi connectivity index (χ0v) is 17.2. The quantitative estimate of drug-likeness (QED) is 0.743. The summed E-state index contributed by atoms with van der Waals surface area (Å²) in [5, 5.41) is 2.82. The molecule has 30 heavy (non-hydrogen) atoms. The molecule has 4 rings (SSSR count). The number of ketones is 1. The van der Waals surface area contributed by atoms with Crippen LogP contribution in [0.1, 0.15) is 49.4 Å². The third-order valence-electron chi connectivity index (χ3n) is 6.17. The number of hydrogen-bond donors (Lipinski definition) is 1. The van der Waals surface area contributed by atoms with Crippen LogP contribution in [-0.2, 0) is 14.4 Å². The van der Waals surface area contributed by atoms with Crippen molar-refractivity contribution in [2.75, 3.05) is 31.5 Å². The molecule has 3 aliphatic heterocycles. The van der Waals surface area contributed by atoms with Crippen molar-refractivity contribution in [3.05, 3.63) is 23.8 Å². The van der Waals surface area contributed by atoms with Crippen molar-refractivity contribution in [1.82, 2.24) is 9.80 Å². The van der Waals surface area contributed by atoms with E-state index in [9.17, 15) is 19.2 Å². The molecule has 1 N–H and O–H groups in total. The van der Waals surface area contributed by atoms with Gasteiger partial charge in [-0.25, -0.2) is 0 Å². The molecule has 3 heterocycles. The van der Waals surface area contributed by atoms with E-state index < -0.39 is 6.10 Å². The largest absolute Gasteiger partial charge is 0.478 e. The summed E-state index contributed by atoms with van der Waals surface area (Å²) in [5.41, 5.74) is 1.07. The van der Waals surface area contributed by atoms with Crippen molar-refractivity contribution >= 4 is 29.2 Å². The fourth-order valence-corrected chi connectivity index (χ4v) is 4.33. The minimum atomic E-state index is -0.503. The van der Waals surface area contributed by atoms with Crippen LogP contribution in [0.4, 0.5) is 5.69 Å². The van der Waals surface area contributed by atoms with Crippen molar-refractivity contribution < 1.29 is 23.9 Å². The van der Waals surface area contributed by atoms with Crippen LogP contribution in [0.3, 0.4) is 0 Å². The van der Waals surface area contributed by atoms with Gasteiger partial charge in [-0.2, -0.15) is 0 Å². The Kier molecular flexibility index (Phi) is 5.74. The zero-order chi connectivity index (χ0) is 21.3. The Labute approximate surface area is 175 Å². The van der Waals surface area contributed by atoms with E-state index in [-0.39, 0.29) is 36.0 Å². The molecule has 8 nitrogen and oxygen atoms in total. The number of benzene rings is 1. The van der Waals surface area contributed by atoms with E-state index in [2.05, 4.69) is 5.32 Å². The van der Waals surface area contributed by atoms with Crippen LogP contribution in [0, 0.1) is 5.92 Å². The van der Waals surface area contributed by atoms with E-state index in [0.29, 0.717) is 62.3 Å². The average molecular weight is 413 g/mol. The summed E-state index contributed by atoms with van der Waals surface area (Å²) in [5.74, 6) is 0.237. The number of fused-ring (bicyclic) bond motifs is 1. The predicted molar refractivity (Wildman–Crippen MR) is 109 cm³/mol. The lowest BCUT2D eigenvalue weighted by Crippen LogP contribution is -2.45. The first kappa shape index (κ1) is 20.4. The van der Waals surface area contributed by atoms with Crippen LogP contribution in [0.2, 0.25) is 0 Å². The SMILES string of the molecule is CCC1Oc2ccc(C(=O)C3CCN(C(=O)CN4CCCC4=O)CC3)cc2NC1=O. The number of rotatable bonds is 5. The highest BCUT2D eigenvalue weighted by atomic mass is 16.5. The van der Waals surface area contributed by atoms with E-state index >= 15 is 0 Å². The number of Topliss-reactive ketones (excluding diaryl/α,β-unsaturated/α-hetero) is 1. The molecular formula is C22H27N3O5. The third kappa shape index (κ3) is 4.04. The van der Waals surface area contributed by atoms with Crippen LogP contribution in [0.25, 0.3) is 0 Å². The van der Waals surface area contributed by atoms with Gasteiger partial charge in [-0.15, -0.1) is 0 Å². The molecule has 1 aromatic carbocycles. The molecule has 0 bridgehead atoms. The number of nitrogens with zero attached hydrogens (tertiary/aromatic N) is 2. The van der Waals surface area contributed by atoms with Crippen LogP contribution in [-0.4, -0.2) is 65.6 Å². The van der Waals surface area contributed by atoms with E-state index in [0.717, 1.165) is 6.42 Å². The summed E-state index contributed by atoms with van der Waals surface area (Å²) in [6.07, 6.45) is 2.60. The maximum Gasteiger partial charge on any atom is 0.265 e. The fraction of sp³-hybridized carbons (Fsp3) is 0.545. The Morgan fingerprint density at radius 2 is 1.93 bits per heavy atom. The predicted octanol–water partition coefficient (Wildman–Crippen LogP) is 1.84. The van der Waals surface area contributed by atoms with Crippen LogP contribution < -0.4 is 10.1 Å². The Morgan fingerprint density at radius 3 is 2.60 bits per heavy atom. The summed E-state index contributed by atoms with van der Waals surface area (Å²) < 4.78 is 5.68. The lowest BCUT2D eigenvalue weighted by Gasteiger charge is -2.32. The van der Waals surface area contributed by atoms with Crippen molar-refractivity contribution in [1.29, 1.82) is 0 Å². The number of likely N-dealkylation sites (tertiary alicyclic amines) is 2. The number of amides is 3. The van der Waals surface area contributed by atoms with Crippen LogP contribution >= 0.6 is 0 Å². The molecule has 1 unspecified atom stereocenters. The van der Waals surface area contributed by atoms with Gasteiger partial charge in [0.2, 0.25) is 11.8 Å². The summed E-state index contributed by atoms with van der Waals surface area (Å²) in [7, 11) is 0. The van der Waals surface area contributed by atoms with Gasteiger partial charge in [-0.1, -0.05) is 6.92 Å². The second-order valence-electron chi connectivity index (χ2n) is 8.15. The van der Waals surface area contributed by atoms with Crippen LogP contribution in [0.5, 0.6) is 5.75 Å². The molecule has 0 radical (unpaired) electrons. The Morgan fingerprint density at radius 1 is 1.17 bits per heavy atom. The Balaban J connectivity index is 1.34. The highest BCUT2D eigenvalue weighted by Crippen LogP contribution is 2.33. The van der Waals surface area contributed by atoms with Gasteiger partial charge in [0.25, 0.3) is 5.91 Å². The second-order valence-corrected chi connectivity index (χ2v) is 8.15. The maximum atomic E-state index is 13.0. The first-order chi connectivity index (χ1) is 14.5. The van der Waals surface area contributed by atoms with E-state index in [4.69, 9.17) is 4.74 Å². The standard InChI is InChI=1S/C22H27N3O5/c1-2-17-22(29)23-16-12-15(5-6-18(16)30-17)21(28)14-7-10-24(11-8-14)20(27)13-25-9-3-4-19(25)26/h5-6,12,14,17H,2-4,7-11,13H2,1H3,(H,23,29). The van der Waals surface area contributed by atoms with Gasteiger partial charge in [0, 0.05) is 37.5 Å². The lowest BCUT2D eigenvalue weighted by molar-refractivity contribution is -0.139. The van der Waals surface area contributed by atoms with Gasteiger partial charge < -0.3 is 19.9 Å². The van der Waals surface area contributed by atoms with Gasteiger partial charge in [0.1, 0.15) is 5.75 Å². The molecule has 2 saturated heterocycles. The topological polar surface area (TPSA) is 96.0 Å². The zero-order valence-electron chi connectivity index (χ0n) is 17.2.